The van der Waals surface area contributed by atoms with Crippen LogP contribution in [0.3, 0.4) is 0 Å². The first-order valence-corrected chi connectivity index (χ1v) is 9.84. The molecular formula is C20H25F3N6O. The lowest BCUT2D eigenvalue weighted by molar-refractivity contribution is -0.137. The number of nitrogens with zero attached hydrogens (tertiary/aromatic N) is 4. The lowest BCUT2D eigenvalue weighted by Crippen LogP contribution is -2.49. The van der Waals surface area contributed by atoms with Crippen molar-refractivity contribution in [3.8, 4) is 0 Å². The molecule has 1 saturated heterocycles. The summed E-state index contributed by atoms with van der Waals surface area (Å²) in [5.41, 5.74) is 0.0673. The lowest BCUT2D eigenvalue weighted by Gasteiger charge is -2.34. The van der Waals surface area contributed by atoms with Crippen LogP contribution in [-0.4, -0.2) is 66.7 Å². The maximum atomic E-state index is 12.6. The zero-order valence-corrected chi connectivity index (χ0v) is 16.5. The number of hydrogen-bond donors (Lipinski definition) is 2. The summed E-state index contributed by atoms with van der Waals surface area (Å²) in [4.78, 5) is 24.8. The van der Waals surface area contributed by atoms with Crippen LogP contribution in [0, 0.1) is 0 Å². The summed E-state index contributed by atoms with van der Waals surface area (Å²) in [5, 5.41) is 5.54. The molecule has 10 heteroatoms. The van der Waals surface area contributed by atoms with Crippen molar-refractivity contribution in [1.29, 1.82) is 0 Å². The summed E-state index contributed by atoms with van der Waals surface area (Å²) in [6.07, 6.45) is -0.405. The average Bonchev–Trinajstić information content (AvgIpc) is 2.75. The quantitative estimate of drug-likeness (QED) is 0.716. The average molecular weight is 422 g/mol. The number of urea groups is 1. The monoisotopic (exact) mass is 422 g/mol. The summed E-state index contributed by atoms with van der Waals surface area (Å²) in [6, 6.07) is 6.49. The summed E-state index contributed by atoms with van der Waals surface area (Å²) in [7, 11) is 0. The van der Waals surface area contributed by atoms with Gasteiger partial charge < -0.3 is 15.5 Å². The van der Waals surface area contributed by atoms with Crippen molar-refractivity contribution in [3.63, 3.8) is 0 Å². The van der Waals surface area contributed by atoms with Gasteiger partial charge in [0.1, 0.15) is 0 Å². The van der Waals surface area contributed by atoms with Crippen LogP contribution >= 0.6 is 0 Å². The van der Waals surface area contributed by atoms with E-state index in [1.54, 1.807) is 18.5 Å². The zero-order chi connectivity index (χ0) is 21.4. The molecule has 0 spiro atoms. The van der Waals surface area contributed by atoms with Gasteiger partial charge in [0.2, 0.25) is 5.95 Å². The number of halogens is 3. The third-order valence-corrected chi connectivity index (χ3v) is 4.90. The second-order valence-electron chi connectivity index (χ2n) is 7.00. The van der Waals surface area contributed by atoms with E-state index in [-0.39, 0.29) is 6.03 Å². The minimum Gasteiger partial charge on any atom is -0.338 e. The number of carbonyl (C=O) groups excluding carboxylic acids is 1. The number of piperazine rings is 1. The molecule has 2 heterocycles. The van der Waals surface area contributed by atoms with E-state index >= 15 is 0 Å². The predicted molar refractivity (Wildman–Crippen MR) is 107 cm³/mol. The van der Waals surface area contributed by atoms with E-state index in [0.717, 1.165) is 56.4 Å². The highest BCUT2D eigenvalue weighted by Gasteiger charge is 2.29. The maximum absolute atomic E-state index is 12.6. The molecule has 162 valence electrons. The van der Waals surface area contributed by atoms with Crippen molar-refractivity contribution in [1.82, 2.24) is 25.5 Å². The van der Waals surface area contributed by atoms with E-state index in [1.165, 1.54) is 12.1 Å². The Morgan fingerprint density at radius 2 is 1.60 bits per heavy atom. The minimum absolute atomic E-state index is 0.279. The van der Waals surface area contributed by atoms with Crippen LogP contribution in [-0.2, 0) is 12.6 Å². The Labute approximate surface area is 173 Å². The molecule has 0 atom stereocenters. The molecule has 1 aromatic heterocycles. The van der Waals surface area contributed by atoms with E-state index in [9.17, 15) is 18.0 Å². The van der Waals surface area contributed by atoms with Crippen LogP contribution in [0.2, 0.25) is 0 Å². The van der Waals surface area contributed by atoms with Gasteiger partial charge in [0.05, 0.1) is 5.56 Å². The first kappa shape index (κ1) is 21.8. The van der Waals surface area contributed by atoms with Crippen molar-refractivity contribution in [3.05, 3.63) is 53.9 Å². The van der Waals surface area contributed by atoms with Crippen molar-refractivity contribution in [2.45, 2.75) is 12.6 Å². The second kappa shape index (κ2) is 10.2. The van der Waals surface area contributed by atoms with Gasteiger partial charge >= 0.3 is 12.2 Å². The van der Waals surface area contributed by atoms with Gasteiger partial charge in [-0.3, -0.25) is 4.90 Å². The van der Waals surface area contributed by atoms with Crippen LogP contribution in [0.4, 0.5) is 23.9 Å². The van der Waals surface area contributed by atoms with Crippen LogP contribution in [0.5, 0.6) is 0 Å². The molecule has 2 aromatic rings. The zero-order valence-electron chi connectivity index (χ0n) is 16.5. The summed E-state index contributed by atoms with van der Waals surface area (Å²) in [5.74, 6) is 0.739. The highest BCUT2D eigenvalue weighted by molar-refractivity contribution is 5.73. The Bertz CT molecular complexity index is 792. The Morgan fingerprint density at radius 3 is 2.23 bits per heavy atom. The summed E-state index contributed by atoms with van der Waals surface area (Å²) >= 11 is 0. The molecule has 0 aliphatic carbocycles. The molecule has 1 aliphatic rings. The molecule has 0 radical (unpaired) electrons. The first-order chi connectivity index (χ1) is 14.4. The standard InChI is InChI=1S/C20H25F3N6O/c21-20(22,23)17-4-2-16(3-5-17)6-9-26-19(30)27-10-11-28-12-14-29(15-13-28)18-24-7-1-8-25-18/h1-5,7-8H,6,9-15H2,(H2,26,27,30). The van der Waals surface area contributed by atoms with E-state index in [0.29, 0.717) is 19.5 Å². The van der Waals surface area contributed by atoms with Crippen molar-refractivity contribution < 1.29 is 18.0 Å². The molecule has 0 unspecified atom stereocenters. The van der Waals surface area contributed by atoms with Gasteiger partial charge in [0.15, 0.2) is 0 Å². The Morgan fingerprint density at radius 1 is 0.967 bits per heavy atom. The largest absolute Gasteiger partial charge is 0.416 e. The fourth-order valence-corrected chi connectivity index (χ4v) is 3.20. The number of carbonyl (C=O) groups is 1. The van der Waals surface area contributed by atoms with Crippen molar-refractivity contribution in [2.24, 2.45) is 0 Å². The minimum atomic E-state index is -4.33. The van der Waals surface area contributed by atoms with Gasteiger partial charge in [-0.1, -0.05) is 12.1 Å². The van der Waals surface area contributed by atoms with Gasteiger partial charge in [0.25, 0.3) is 0 Å². The highest BCUT2D eigenvalue weighted by Crippen LogP contribution is 2.29. The third-order valence-electron chi connectivity index (χ3n) is 4.90. The van der Waals surface area contributed by atoms with E-state index < -0.39 is 11.7 Å². The number of rotatable bonds is 7. The second-order valence-corrected chi connectivity index (χ2v) is 7.00. The van der Waals surface area contributed by atoms with Gasteiger partial charge in [-0.25, -0.2) is 14.8 Å². The molecule has 1 aromatic carbocycles. The van der Waals surface area contributed by atoms with Gasteiger partial charge in [-0.05, 0) is 30.2 Å². The molecule has 3 rings (SSSR count). The molecule has 0 bridgehead atoms. The number of alkyl halides is 3. The van der Waals surface area contributed by atoms with Crippen LogP contribution in [0.1, 0.15) is 11.1 Å². The Balaban J connectivity index is 1.27. The predicted octanol–water partition coefficient (Wildman–Crippen LogP) is 2.16. The number of nitrogens with one attached hydrogen (secondary N) is 2. The molecule has 0 saturated carbocycles. The molecule has 2 amide bonds. The van der Waals surface area contributed by atoms with Gasteiger partial charge in [0, 0.05) is 58.2 Å². The highest BCUT2D eigenvalue weighted by atomic mass is 19.4. The van der Waals surface area contributed by atoms with Crippen LogP contribution < -0.4 is 15.5 Å². The first-order valence-electron chi connectivity index (χ1n) is 9.84. The normalized spacial score (nSPS) is 15.1. The molecule has 1 fully saturated rings. The van der Waals surface area contributed by atoms with Crippen LogP contribution in [0.25, 0.3) is 0 Å². The third kappa shape index (κ3) is 6.58. The van der Waals surface area contributed by atoms with Crippen LogP contribution in [0.15, 0.2) is 42.7 Å². The topological polar surface area (TPSA) is 73.4 Å². The maximum Gasteiger partial charge on any atom is 0.416 e. The SMILES string of the molecule is O=C(NCCc1ccc(C(F)(F)F)cc1)NCCN1CCN(c2ncccn2)CC1. The van der Waals surface area contributed by atoms with Gasteiger partial charge in [-0.15, -0.1) is 0 Å². The lowest BCUT2D eigenvalue weighted by atomic mass is 10.1. The Kier molecular flexibility index (Phi) is 7.45. The molecule has 2 N–H and O–H groups in total. The van der Waals surface area contributed by atoms with Crippen molar-refractivity contribution >= 4 is 12.0 Å². The summed E-state index contributed by atoms with van der Waals surface area (Å²) < 4.78 is 37.7. The number of amides is 2. The number of aromatic nitrogens is 2. The molecule has 30 heavy (non-hydrogen) atoms. The van der Waals surface area contributed by atoms with E-state index in [4.69, 9.17) is 0 Å². The van der Waals surface area contributed by atoms with E-state index in [2.05, 4.69) is 30.4 Å². The fourth-order valence-electron chi connectivity index (χ4n) is 3.20. The number of anilines is 1. The molecule has 1 aliphatic heterocycles. The number of benzene rings is 1. The number of hydrogen-bond acceptors (Lipinski definition) is 5. The fraction of sp³-hybridized carbons (Fsp3) is 0.450. The Hall–Kier alpha value is -2.88. The van der Waals surface area contributed by atoms with Crippen molar-refractivity contribution in [2.75, 3.05) is 50.7 Å². The molecule has 7 nitrogen and oxygen atoms in total. The smallest absolute Gasteiger partial charge is 0.338 e. The summed E-state index contributed by atoms with van der Waals surface area (Å²) in [6.45, 7) is 5.04. The van der Waals surface area contributed by atoms with Gasteiger partial charge in [-0.2, -0.15) is 13.2 Å². The van der Waals surface area contributed by atoms with E-state index in [1.807, 2.05) is 0 Å². The molecular weight excluding hydrogens is 397 g/mol.